The molecule has 0 bridgehead atoms. The number of rotatable bonds is 15. The second-order valence-corrected chi connectivity index (χ2v) is 5.65. The largest absolute Gasteiger partial charge is 0.481 e. The number of carboxylic acids is 1. The van der Waals surface area contributed by atoms with Gasteiger partial charge in [0.2, 0.25) is 0 Å². The zero-order valence-corrected chi connectivity index (χ0v) is 13.6. The minimum absolute atomic E-state index is 0.00774. The molecule has 0 aliphatic heterocycles. The van der Waals surface area contributed by atoms with E-state index >= 15 is 0 Å². The van der Waals surface area contributed by atoms with Crippen LogP contribution in [0.25, 0.3) is 0 Å². The van der Waals surface area contributed by atoms with Crippen LogP contribution in [0.3, 0.4) is 0 Å². The molecule has 0 aliphatic carbocycles. The first-order valence-electron chi connectivity index (χ1n) is 8.54. The van der Waals surface area contributed by atoms with E-state index in [0.29, 0.717) is 6.42 Å². The predicted molar refractivity (Wildman–Crippen MR) is 84.3 cm³/mol. The van der Waals surface area contributed by atoms with Crippen molar-refractivity contribution >= 4 is 11.9 Å². The van der Waals surface area contributed by atoms with Gasteiger partial charge in [-0.2, -0.15) is 0 Å². The van der Waals surface area contributed by atoms with Crippen molar-refractivity contribution in [2.75, 3.05) is 6.61 Å². The lowest BCUT2D eigenvalue weighted by molar-refractivity contribution is -0.146. The Kier molecular flexibility index (Phi) is 14.6. The minimum atomic E-state index is -0.933. The third kappa shape index (κ3) is 16.9. The first kappa shape index (κ1) is 19.9. The first-order chi connectivity index (χ1) is 10.2. The van der Waals surface area contributed by atoms with Gasteiger partial charge in [-0.15, -0.1) is 0 Å². The fraction of sp³-hybridized carbons (Fsp3) is 0.882. The number of unbranched alkanes of at least 4 members (excludes halogenated alkanes) is 10. The maximum absolute atomic E-state index is 11.3. The van der Waals surface area contributed by atoms with Gasteiger partial charge in [-0.1, -0.05) is 71.1 Å². The number of aliphatic carboxylic acids is 1. The van der Waals surface area contributed by atoms with Crippen LogP contribution in [-0.2, 0) is 14.3 Å². The standard InChI is InChI=1S/C17H32O4/c1-2-3-4-5-6-7-8-9-10-11-12-13-17(20)21-15-14-16(18)19/h2-15H2,1H3,(H,18,19). The fourth-order valence-corrected chi connectivity index (χ4v) is 2.26. The topological polar surface area (TPSA) is 63.6 Å². The van der Waals surface area contributed by atoms with Gasteiger partial charge in [0, 0.05) is 6.42 Å². The molecule has 0 amide bonds. The number of carbonyl (C=O) groups excluding carboxylic acids is 1. The lowest BCUT2D eigenvalue weighted by Gasteiger charge is -2.04. The Balaban J connectivity index is 3.14. The molecular weight excluding hydrogens is 268 g/mol. The number of hydrogen-bond donors (Lipinski definition) is 1. The van der Waals surface area contributed by atoms with Crippen molar-refractivity contribution in [2.24, 2.45) is 0 Å². The average Bonchev–Trinajstić information content (AvgIpc) is 2.44. The van der Waals surface area contributed by atoms with E-state index in [0.717, 1.165) is 12.8 Å². The summed E-state index contributed by atoms with van der Waals surface area (Å²) in [6.45, 7) is 2.23. The molecule has 0 saturated carbocycles. The summed E-state index contributed by atoms with van der Waals surface area (Å²) in [4.78, 5) is 21.5. The Morgan fingerprint density at radius 2 is 1.24 bits per heavy atom. The lowest BCUT2D eigenvalue weighted by Crippen LogP contribution is -2.08. The third-order valence-corrected chi connectivity index (χ3v) is 3.56. The first-order valence-corrected chi connectivity index (χ1v) is 8.54. The van der Waals surface area contributed by atoms with Gasteiger partial charge >= 0.3 is 11.9 Å². The summed E-state index contributed by atoms with van der Waals surface area (Å²) >= 11 is 0. The van der Waals surface area contributed by atoms with Crippen molar-refractivity contribution in [3.8, 4) is 0 Å². The van der Waals surface area contributed by atoms with Crippen molar-refractivity contribution in [2.45, 2.75) is 90.4 Å². The van der Waals surface area contributed by atoms with Crippen LogP contribution in [0.5, 0.6) is 0 Å². The van der Waals surface area contributed by atoms with E-state index in [-0.39, 0.29) is 19.0 Å². The molecule has 0 rings (SSSR count). The molecular formula is C17H32O4. The monoisotopic (exact) mass is 300 g/mol. The molecule has 0 aromatic heterocycles. The highest BCUT2D eigenvalue weighted by molar-refractivity contribution is 5.70. The van der Waals surface area contributed by atoms with Gasteiger partial charge in [0.1, 0.15) is 6.61 Å². The summed E-state index contributed by atoms with van der Waals surface area (Å²) in [5.74, 6) is -1.20. The van der Waals surface area contributed by atoms with Crippen molar-refractivity contribution in [3.05, 3.63) is 0 Å². The highest BCUT2D eigenvalue weighted by Crippen LogP contribution is 2.12. The molecule has 0 heterocycles. The Hall–Kier alpha value is -1.06. The predicted octanol–water partition coefficient (Wildman–Crippen LogP) is 4.71. The van der Waals surface area contributed by atoms with Crippen LogP contribution in [0.15, 0.2) is 0 Å². The normalized spacial score (nSPS) is 10.5. The molecule has 0 saturated heterocycles. The van der Waals surface area contributed by atoms with Crippen molar-refractivity contribution < 1.29 is 19.4 Å². The smallest absolute Gasteiger partial charge is 0.306 e. The van der Waals surface area contributed by atoms with Crippen LogP contribution in [0.4, 0.5) is 0 Å². The van der Waals surface area contributed by atoms with E-state index in [1.165, 1.54) is 57.8 Å². The quantitative estimate of drug-likeness (QED) is 0.351. The van der Waals surface area contributed by atoms with E-state index in [4.69, 9.17) is 9.84 Å². The van der Waals surface area contributed by atoms with Crippen LogP contribution in [0.1, 0.15) is 90.4 Å². The Morgan fingerprint density at radius 1 is 0.762 bits per heavy atom. The zero-order valence-electron chi connectivity index (χ0n) is 13.6. The summed E-state index contributed by atoms with van der Waals surface area (Å²) in [6.07, 6.45) is 14.1. The van der Waals surface area contributed by atoms with E-state index in [1.807, 2.05) is 0 Å². The van der Waals surface area contributed by atoms with Gasteiger partial charge in [-0.05, 0) is 6.42 Å². The van der Waals surface area contributed by atoms with Crippen LogP contribution in [0.2, 0.25) is 0 Å². The number of hydrogen-bond acceptors (Lipinski definition) is 3. The molecule has 0 spiro atoms. The molecule has 4 nitrogen and oxygen atoms in total. The molecule has 0 aromatic rings. The zero-order chi connectivity index (χ0) is 15.8. The van der Waals surface area contributed by atoms with Crippen molar-refractivity contribution in [1.82, 2.24) is 0 Å². The third-order valence-electron chi connectivity index (χ3n) is 3.56. The summed E-state index contributed by atoms with van der Waals surface area (Å²) < 4.78 is 4.82. The Labute approximate surface area is 129 Å². The average molecular weight is 300 g/mol. The molecule has 0 fully saturated rings. The number of ether oxygens (including phenoxy) is 1. The molecule has 0 radical (unpaired) electrons. The minimum Gasteiger partial charge on any atom is -0.481 e. The van der Waals surface area contributed by atoms with Gasteiger partial charge in [-0.3, -0.25) is 9.59 Å². The molecule has 0 unspecified atom stereocenters. The Morgan fingerprint density at radius 3 is 1.71 bits per heavy atom. The maximum Gasteiger partial charge on any atom is 0.306 e. The maximum atomic E-state index is 11.3. The Bertz CT molecular complexity index is 264. The SMILES string of the molecule is CCCCCCCCCCCCCC(=O)OCCC(=O)O. The van der Waals surface area contributed by atoms with Crippen LogP contribution in [0, 0.1) is 0 Å². The van der Waals surface area contributed by atoms with E-state index in [2.05, 4.69) is 6.92 Å². The number of esters is 1. The van der Waals surface area contributed by atoms with Gasteiger partial charge in [-0.25, -0.2) is 0 Å². The number of carbonyl (C=O) groups is 2. The summed E-state index contributed by atoms with van der Waals surface area (Å²) in [5.41, 5.74) is 0. The van der Waals surface area contributed by atoms with Gasteiger partial charge in [0.25, 0.3) is 0 Å². The highest BCUT2D eigenvalue weighted by atomic mass is 16.5. The fourth-order valence-electron chi connectivity index (χ4n) is 2.26. The molecule has 0 atom stereocenters. The van der Waals surface area contributed by atoms with Crippen LogP contribution in [-0.4, -0.2) is 23.7 Å². The molecule has 21 heavy (non-hydrogen) atoms. The van der Waals surface area contributed by atoms with Crippen molar-refractivity contribution in [1.29, 1.82) is 0 Å². The lowest BCUT2D eigenvalue weighted by atomic mass is 10.1. The van der Waals surface area contributed by atoms with Gasteiger partial charge < -0.3 is 9.84 Å². The summed E-state index contributed by atoms with van der Waals surface area (Å²) in [7, 11) is 0. The van der Waals surface area contributed by atoms with Crippen molar-refractivity contribution in [3.63, 3.8) is 0 Å². The molecule has 4 heteroatoms. The second kappa shape index (κ2) is 15.3. The molecule has 0 aromatic carbocycles. The van der Waals surface area contributed by atoms with E-state index in [9.17, 15) is 9.59 Å². The number of carboxylic acid groups (broad SMARTS) is 1. The van der Waals surface area contributed by atoms with Gasteiger partial charge in [0.15, 0.2) is 0 Å². The molecule has 0 aliphatic rings. The van der Waals surface area contributed by atoms with E-state index in [1.54, 1.807) is 0 Å². The molecule has 124 valence electrons. The van der Waals surface area contributed by atoms with E-state index < -0.39 is 5.97 Å². The second-order valence-electron chi connectivity index (χ2n) is 5.65. The highest BCUT2D eigenvalue weighted by Gasteiger charge is 2.04. The summed E-state index contributed by atoms with van der Waals surface area (Å²) in [6, 6.07) is 0. The molecule has 1 N–H and O–H groups in total. The van der Waals surface area contributed by atoms with Crippen LogP contribution >= 0.6 is 0 Å². The van der Waals surface area contributed by atoms with Gasteiger partial charge in [0.05, 0.1) is 6.42 Å². The van der Waals surface area contributed by atoms with Crippen LogP contribution < -0.4 is 0 Å². The summed E-state index contributed by atoms with van der Waals surface area (Å²) in [5, 5.41) is 8.41.